The van der Waals surface area contributed by atoms with Crippen molar-refractivity contribution in [2.75, 3.05) is 18.4 Å². The summed E-state index contributed by atoms with van der Waals surface area (Å²) in [5, 5.41) is 18.5. The fraction of sp³-hybridized carbons (Fsp3) is 0.692. The number of amides is 1. The molecule has 0 fully saturated rings. The summed E-state index contributed by atoms with van der Waals surface area (Å²) in [4.78, 5) is 16.1. The van der Waals surface area contributed by atoms with Gasteiger partial charge in [-0.2, -0.15) is 0 Å². The quantitative estimate of drug-likeness (QED) is 0.717. The predicted octanol–water partition coefficient (Wildman–Crippen LogP) is 2.10. The SMILES string of the molecule is CCNc1nc(C(=O)NCC(C)(O)C(C)CC)cs1. The Morgan fingerprint density at radius 1 is 1.58 bits per heavy atom. The molecule has 108 valence electrons. The molecule has 2 atom stereocenters. The molecule has 6 heteroatoms. The number of carbonyl (C=O) groups is 1. The Labute approximate surface area is 118 Å². The minimum Gasteiger partial charge on any atom is -0.388 e. The lowest BCUT2D eigenvalue weighted by molar-refractivity contribution is 0.00589. The van der Waals surface area contributed by atoms with E-state index in [0.717, 1.165) is 18.1 Å². The van der Waals surface area contributed by atoms with Crippen LogP contribution in [0.3, 0.4) is 0 Å². The highest BCUT2D eigenvalue weighted by Gasteiger charge is 2.27. The van der Waals surface area contributed by atoms with Gasteiger partial charge in [-0.1, -0.05) is 20.3 Å². The summed E-state index contributed by atoms with van der Waals surface area (Å²) in [5.41, 5.74) is -0.508. The van der Waals surface area contributed by atoms with E-state index in [1.165, 1.54) is 11.3 Å². The Hall–Kier alpha value is -1.14. The van der Waals surface area contributed by atoms with Gasteiger partial charge in [0.2, 0.25) is 0 Å². The van der Waals surface area contributed by atoms with Crippen LogP contribution in [0, 0.1) is 5.92 Å². The molecule has 0 aromatic carbocycles. The lowest BCUT2D eigenvalue weighted by Gasteiger charge is -2.29. The van der Waals surface area contributed by atoms with Crippen molar-refractivity contribution in [1.29, 1.82) is 0 Å². The molecule has 0 spiro atoms. The molecule has 0 bridgehead atoms. The first kappa shape index (κ1) is 15.9. The van der Waals surface area contributed by atoms with Gasteiger partial charge in [-0.25, -0.2) is 4.98 Å². The zero-order valence-electron chi connectivity index (χ0n) is 12.0. The first-order valence-corrected chi connectivity index (χ1v) is 7.48. The van der Waals surface area contributed by atoms with Gasteiger partial charge >= 0.3 is 0 Å². The second kappa shape index (κ2) is 6.86. The standard InChI is InChI=1S/C13H23N3O2S/c1-5-9(3)13(4,18)8-15-11(17)10-7-19-12(16-10)14-6-2/h7,9,18H,5-6,8H2,1-4H3,(H,14,16)(H,15,17). The molecule has 0 aliphatic heterocycles. The lowest BCUT2D eigenvalue weighted by Crippen LogP contribution is -2.45. The van der Waals surface area contributed by atoms with Crippen molar-refractivity contribution >= 4 is 22.4 Å². The molecule has 1 heterocycles. The Bertz CT molecular complexity index is 418. The topological polar surface area (TPSA) is 74.2 Å². The normalized spacial score (nSPS) is 15.6. The molecular weight excluding hydrogens is 262 g/mol. The monoisotopic (exact) mass is 285 g/mol. The second-order valence-corrected chi connectivity index (χ2v) is 5.78. The molecule has 2 unspecified atom stereocenters. The fourth-order valence-electron chi connectivity index (χ4n) is 1.57. The molecule has 0 aliphatic rings. The number of nitrogens with one attached hydrogen (secondary N) is 2. The molecular formula is C13H23N3O2S. The van der Waals surface area contributed by atoms with Gasteiger partial charge in [0.15, 0.2) is 5.13 Å². The van der Waals surface area contributed by atoms with Crippen molar-refractivity contribution in [2.24, 2.45) is 5.92 Å². The maximum Gasteiger partial charge on any atom is 0.270 e. The highest BCUT2D eigenvalue weighted by Crippen LogP contribution is 2.19. The summed E-state index contributed by atoms with van der Waals surface area (Å²) in [6.07, 6.45) is 0.865. The van der Waals surface area contributed by atoms with E-state index in [-0.39, 0.29) is 18.4 Å². The number of thiazole rings is 1. The third-order valence-corrected chi connectivity index (χ3v) is 4.15. The van der Waals surface area contributed by atoms with Crippen LogP contribution in [0.25, 0.3) is 0 Å². The third kappa shape index (κ3) is 4.47. The number of hydrogen-bond donors (Lipinski definition) is 3. The molecule has 0 saturated heterocycles. The zero-order chi connectivity index (χ0) is 14.5. The van der Waals surface area contributed by atoms with Crippen molar-refractivity contribution < 1.29 is 9.90 Å². The van der Waals surface area contributed by atoms with Crippen molar-refractivity contribution in [2.45, 2.75) is 39.7 Å². The second-order valence-electron chi connectivity index (χ2n) is 4.92. The van der Waals surface area contributed by atoms with Crippen LogP contribution < -0.4 is 10.6 Å². The van der Waals surface area contributed by atoms with Crippen LogP contribution in [-0.2, 0) is 0 Å². The molecule has 5 nitrogen and oxygen atoms in total. The van der Waals surface area contributed by atoms with Gasteiger partial charge in [0.05, 0.1) is 5.60 Å². The minimum absolute atomic E-state index is 0.126. The third-order valence-electron chi connectivity index (χ3n) is 3.35. The first-order chi connectivity index (χ1) is 8.90. The van der Waals surface area contributed by atoms with Crippen LogP contribution in [0.4, 0.5) is 5.13 Å². The summed E-state index contributed by atoms with van der Waals surface area (Å²) in [5.74, 6) is -0.121. The van der Waals surface area contributed by atoms with E-state index in [9.17, 15) is 9.90 Å². The van der Waals surface area contributed by atoms with Crippen LogP contribution in [-0.4, -0.2) is 34.7 Å². The molecule has 0 radical (unpaired) electrons. The maximum atomic E-state index is 11.9. The van der Waals surface area contributed by atoms with E-state index in [0.29, 0.717) is 5.69 Å². The minimum atomic E-state index is -0.898. The number of aliphatic hydroxyl groups is 1. The fourth-order valence-corrected chi connectivity index (χ4v) is 2.34. The average molecular weight is 285 g/mol. The lowest BCUT2D eigenvalue weighted by atomic mass is 9.88. The molecule has 1 aromatic rings. The first-order valence-electron chi connectivity index (χ1n) is 6.60. The van der Waals surface area contributed by atoms with Gasteiger partial charge in [0.1, 0.15) is 5.69 Å². The number of hydrogen-bond acceptors (Lipinski definition) is 5. The summed E-state index contributed by atoms with van der Waals surface area (Å²) in [6.45, 7) is 8.71. The smallest absolute Gasteiger partial charge is 0.270 e. The van der Waals surface area contributed by atoms with Crippen molar-refractivity contribution in [1.82, 2.24) is 10.3 Å². The molecule has 0 saturated carbocycles. The predicted molar refractivity (Wildman–Crippen MR) is 78.7 cm³/mol. The van der Waals surface area contributed by atoms with Gasteiger partial charge in [-0.15, -0.1) is 11.3 Å². The van der Waals surface area contributed by atoms with Gasteiger partial charge in [-0.05, 0) is 19.8 Å². The molecule has 1 amide bonds. The Morgan fingerprint density at radius 2 is 2.26 bits per heavy atom. The molecule has 0 aliphatic carbocycles. The molecule has 19 heavy (non-hydrogen) atoms. The van der Waals surface area contributed by atoms with Crippen LogP contribution in [0.15, 0.2) is 5.38 Å². The Balaban J connectivity index is 2.55. The number of carbonyl (C=O) groups excluding carboxylic acids is 1. The van der Waals surface area contributed by atoms with Gasteiger partial charge in [0, 0.05) is 18.5 Å². The van der Waals surface area contributed by atoms with E-state index < -0.39 is 5.60 Å². The number of anilines is 1. The van der Waals surface area contributed by atoms with Gasteiger partial charge in [-0.3, -0.25) is 4.79 Å². The van der Waals surface area contributed by atoms with Crippen LogP contribution in [0.2, 0.25) is 0 Å². The van der Waals surface area contributed by atoms with Crippen LogP contribution in [0.1, 0.15) is 44.6 Å². The van der Waals surface area contributed by atoms with Crippen LogP contribution in [0.5, 0.6) is 0 Å². The number of nitrogens with zero attached hydrogens (tertiary/aromatic N) is 1. The van der Waals surface area contributed by atoms with Crippen LogP contribution >= 0.6 is 11.3 Å². The summed E-state index contributed by atoms with van der Waals surface area (Å²) < 4.78 is 0. The Morgan fingerprint density at radius 3 is 2.84 bits per heavy atom. The zero-order valence-corrected chi connectivity index (χ0v) is 12.8. The Kier molecular flexibility index (Phi) is 5.75. The number of aromatic nitrogens is 1. The van der Waals surface area contributed by atoms with Crippen molar-refractivity contribution in [3.8, 4) is 0 Å². The van der Waals surface area contributed by atoms with Crippen molar-refractivity contribution in [3.05, 3.63) is 11.1 Å². The highest BCUT2D eigenvalue weighted by molar-refractivity contribution is 7.13. The van der Waals surface area contributed by atoms with E-state index in [1.807, 2.05) is 20.8 Å². The maximum absolute atomic E-state index is 11.9. The molecule has 3 N–H and O–H groups in total. The van der Waals surface area contributed by atoms with Gasteiger partial charge in [0.25, 0.3) is 5.91 Å². The molecule has 1 rings (SSSR count). The average Bonchev–Trinajstić information content (AvgIpc) is 2.84. The summed E-state index contributed by atoms with van der Waals surface area (Å²) in [6, 6.07) is 0. The highest BCUT2D eigenvalue weighted by atomic mass is 32.1. The van der Waals surface area contributed by atoms with E-state index in [4.69, 9.17) is 0 Å². The summed E-state index contributed by atoms with van der Waals surface area (Å²) >= 11 is 1.40. The molecule has 1 aromatic heterocycles. The largest absolute Gasteiger partial charge is 0.388 e. The van der Waals surface area contributed by atoms with E-state index in [2.05, 4.69) is 15.6 Å². The number of rotatable bonds is 7. The summed E-state index contributed by atoms with van der Waals surface area (Å²) in [7, 11) is 0. The van der Waals surface area contributed by atoms with E-state index in [1.54, 1.807) is 12.3 Å². The van der Waals surface area contributed by atoms with Gasteiger partial charge < -0.3 is 15.7 Å². The van der Waals surface area contributed by atoms with E-state index >= 15 is 0 Å². The van der Waals surface area contributed by atoms with Crippen molar-refractivity contribution in [3.63, 3.8) is 0 Å².